The van der Waals surface area contributed by atoms with Crippen LogP contribution in [-0.2, 0) is 22.4 Å². The quantitative estimate of drug-likeness (QED) is 0.457. The number of likely N-dealkylation sites (N-methyl/N-ethyl adjacent to an activating group) is 1. The smallest absolute Gasteiger partial charge is 0.226 e. The van der Waals surface area contributed by atoms with Gasteiger partial charge in [0.25, 0.3) is 0 Å². The highest BCUT2D eigenvalue weighted by Gasteiger charge is 2.27. The number of amides is 2. The molecule has 0 spiro atoms. The summed E-state index contributed by atoms with van der Waals surface area (Å²) in [6.07, 6.45) is 7.11. The van der Waals surface area contributed by atoms with Gasteiger partial charge < -0.3 is 19.3 Å². The van der Waals surface area contributed by atoms with E-state index in [1.54, 1.807) is 13.0 Å². The lowest BCUT2D eigenvalue weighted by Gasteiger charge is -2.36. The zero-order valence-corrected chi connectivity index (χ0v) is 22.6. The number of rotatable bonds is 7. The van der Waals surface area contributed by atoms with Gasteiger partial charge in [-0.25, -0.2) is 4.39 Å². The Morgan fingerprint density at radius 1 is 0.974 bits per heavy atom. The van der Waals surface area contributed by atoms with Crippen LogP contribution in [0.25, 0.3) is 10.9 Å². The molecule has 1 aromatic heterocycles. The first-order valence-electron chi connectivity index (χ1n) is 14.0. The molecular formula is C31H39FN4O2. The molecule has 5 rings (SSSR count). The molecule has 0 bridgehead atoms. The van der Waals surface area contributed by atoms with Crippen molar-refractivity contribution < 1.29 is 14.0 Å². The van der Waals surface area contributed by atoms with Crippen LogP contribution in [0.1, 0.15) is 49.8 Å². The number of likely N-dealkylation sites (tertiary alicyclic amines) is 2. The van der Waals surface area contributed by atoms with Gasteiger partial charge >= 0.3 is 0 Å². The van der Waals surface area contributed by atoms with E-state index in [0.29, 0.717) is 12.5 Å². The average molecular weight is 519 g/mol. The second-order valence-electron chi connectivity index (χ2n) is 10.9. The van der Waals surface area contributed by atoms with Gasteiger partial charge in [-0.3, -0.25) is 9.59 Å². The van der Waals surface area contributed by atoms with Crippen LogP contribution in [0.5, 0.6) is 0 Å². The maximum Gasteiger partial charge on any atom is 0.226 e. The summed E-state index contributed by atoms with van der Waals surface area (Å²) in [4.78, 5) is 30.9. The Morgan fingerprint density at radius 2 is 1.71 bits per heavy atom. The van der Waals surface area contributed by atoms with Crippen LogP contribution in [0.2, 0.25) is 0 Å². The predicted octanol–water partition coefficient (Wildman–Crippen LogP) is 4.67. The standard InChI is InChI=1S/C31H39FN4O2/c1-23(37)35-18-13-27(14-19-35)33(2)31(38)22-24-7-8-26-10-20-36(30(26)21-24)28-11-16-34(17-12-28)15-9-25-5-3-4-6-29(25)32/h3-8,10,20-21,27-28H,9,11-19,22H2,1-2H3. The molecule has 6 nitrogen and oxygen atoms in total. The van der Waals surface area contributed by atoms with Gasteiger partial charge in [-0.05, 0) is 66.8 Å². The van der Waals surface area contributed by atoms with Gasteiger partial charge in [-0.1, -0.05) is 30.3 Å². The Balaban J connectivity index is 1.17. The number of hydrogen-bond donors (Lipinski definition) is 0. The third-order valence-corrected chi connectivity index (χ3v) is 8.60. The first kappa shape index (κ1) is 26.4. The molecule has 7 heteroatoms. The minimum atomic E-state index is -0.111. The van der Waals surface area contributed by atoms with Crippen molar-refractivity contribution in [3.63, 3.8) is 0 Å². The molecule has 0 saturated carbocycles. The zero-order chi connectivity index (χ0) is 26.6. The molecule has 2 aliphatic rings. The van der Waals surface area contributed by atoms with Crippen molar-refractivity contribution in [2.45, 2.75) is 57.5 Å². The Bertz CT molecular complexity index is 1270. The van der Waals surface area contributed by atoms with Gasteiger partial charge in [0, 0.05) is 70.5 Å². The normalized spacial score (nSPS) is 17.7. The van der Waals surface area contributed by atoms with Crippen molar-refractivity contribution >= 4 is 22.7 Å². The van der Waals surface area contributed by atoms with E-state index in [0.717, 1.165) is 76.0 Å². The third kappa shape index (κ3) is 5.93. The first-order chi connectivity index (χ1) is 18.4. The maximum atomic E-state index is 14.0. The van der Waals surface area contributed by atoms with Crippen LogP contribution in [0.4, 0.5) is 4.39 Å². The SMILES string of the molecule is CC(=O)N1CCC(N(C)C(=O)Cc2ccc3ccn(C4CCN(CCc5ccccc5F)CC4)c3c2)CC1. The molecular weight excluding hydrogens is 479 g/mol. The van der Waals surface area contributed by atoms with Crippen molar-refractivity contribution in [2.75, 3.05) is 39.8 Å². The van der Waals surface area contributed by atoms with E-state index in [1.165, 1.54) is 17.0 Å². The van der Waals surface area contributed by atoms with Crippen LogP contribution in [0, 0.1) is 5.82 Å². The van der Waals surface area contributed by atoms with Crippen LogP contribution in [0.3, 0.4) is 0 Å². The second-order valence-corrected chi connectivity index (χ2v) is 10.9. The van der Waals surface area contributed by atoms with Crippen molar-refractivity contribution in [1.29, 1.82) is 0 Å². The maximum absolute atomic E-state index is 14.0. The lowest BCUT2D eigenvalue weighted by Crippen LogP contribution is -2.47. The summed E-state index contributed by atoms with van der Waals surface area (Å²) < 4.78 is 16.4. The Labute approximate surface area is 225 Å². The summed E-state index contributed by atoms with van der Waals surface area (Å²) in [5.74, 6) is 0.133. The zero-order valence-electron chi connectivity index (χ0n) is 22.6. The van der Waals surface area contributed by atoms with Crippen LogP contribution in [0.15, 0.2) is 54.7 Å². The predicted molar refractivity (Wildman–Crippen MR) is 149 cm³/mol. The van der Waals surface area contributed by atoms with Crippen molar-refractivity contribution in [2.24, 2.45) is 0 Å². The molecule has 38 heavy (non-hydrogen) atoms. The van der Waals surface area contributed by atoms with E-state index in [2.05, 4.69) is 39.9 Å². The molecule has 2 amide bonds. The molecule has 3 heterocycles. The second kappa shape index (κ2) is 11.7. The molecule has 2 aromatic carbocycles. The van der Waals surface area contributed by atoms with Gasteiger partial charge in [0.2, 0.25) is 11.8 Å². The highest BCUT2D eigenvalue weighted by molar-refractivity contribution is 5.84. The molecule has 202 valence electrons. The fourth-order valence-corrected chi connectivity index (χ4v) is 6.09. The average Bonchev–Trinajstić information content (AvgIpc) is 3.36. The van der Waals surface area contributed by atoms with Crippen LogP contribution in [-0.4, -0.2) is 76.9 Å². The first-order valence-corrected chi connectivity index (χ1v) is 14.0. The largest absolute Gasteiger partial charge is 0.344 e. The molecule has 0 unspecified atom stereocenters. The topological polar surface area (TPSA) is 48.8 Å². The van der Waals surface area contributed by atoms with E-state index in [-0.39, 0.29) is 23.7 Å². The van der Waals surface area contributed by atoms with Gasteiger partial charge in [-0.15, -0.1) is 0 Å². The number of piperidine rings is 2. The number of carbonyl (C=O) groups is 2. The van der Waals surface area contributed by atoms with Gasteiger partial charge in [0.15, 0.2) is 0 Å². The lowest BCUT2D eigenvalue weighted by molar-refractivity contribution is -0.134. The highest BCUT2D eigenvalue weighted by atomic mass is 19.1. The molecule has 0 radical (unpaired) electrons. The van der Waals surface area contributed by atoms with Crippen molar-refractivity contribution in [3.8, 4) is 0 Å². The van der Waals surface area contributed by atoms with Crippen molar-refractivity contribution in [3.05, 3.63) is 71.7 Å². The minimum absolute atomic E-state index is 0.111. The summed E-state index contributed by atoms with van der Waals surface area (Å²) >= 11 is 0. The third-order valence-electron chi connectivity index (χ3n) is 8.60. The number of nitrogens with zero attached hydrogens (tertiary/aromatic N) is 4. The number of benzene rings is 2. The van der Waals surface area contributed by atoms with Crippen LogP contribution < -0.4 is 0 Å². The van der Waals surface area contributed by atoms with Crippen LogP contribution >= 0.6 is 0 Å². The van der Waals surface area contributed by atoms with E-state index >= 15 is 0 Å². The summed E-state index contributed by atoms with van der Waals surface area (Å²) in [5.41, 5.74) is 3.02. The number of carbonyl (C=O) groups excluding carboxylic acids is 2. The summed E-state index contributed by atoms with van der Waals surface area (Å²) in [5, 5.41) is 1.20. The van der Waals surface area contributed by atoms with E-state index < -0.39 is 0 Å². The fourth-order valence-electron chi connectivity index (χ4n) is 6.09. The summed E-state index contributed by atoms with van der Waals surface area (Å²) in [7, 11) is 1.90. The summed E-state index contributed by atoms with van der Waals surface area (Å²) in [6, 6.07) is 16.2. The van der Waals surface area contributed by atoms with Crippen molar-refractivity contribution in [1.82, 2.24) is 19.3 Å². The number of hydrogen-bond acceptors (Lipinski definition) is 3. The Morgan fingerprint density at radius 3 is 2.42 bits per heavy atom. The molecule has 2 fully saturated rings. The number of halogens is 1. The highest BCUT2D eigenvalue weighted by Crippen LogP contribution is 2.29. The van der Waals surface area contributed by atoms with E-state index in [4.69, 9.17) is 0 Å². The molecule has 3 aromatic rings. The minimum Gasteiger partial charge on any atom is -0.344 e. The fraction of sp³-hybridized carbons (Fsp3) is 0.484. The van der Waals surface area contributed by atoms with E-state index in [9.17, 15) is 14.0 Å². The van der Waals surface area contributed by atoms with Gasteiger partial charge in [-0.2, -0.15) is 0 Å². The Hall–Kier alpha value is -3.19. The van der Waals surface area contributed by atoms with E-state index in [1.807, 2.05) is 29.0 Å². The monoisotopic (exact) mass is 518 g/mol. The molecule has 2 saturated heterocycles. The molecule has 0 aliphatic carbocycles. The summed E-state index contributed by atoms with van der Waals surface area (Å²) in [6.45, 7) is 5.94. The lowest BCUT2D eigenvalue weighted by atomic mass is 10.0. The molecule has 0 N–H and O–H groups in total. The molecule has 0 atom stereocenters. The Kier molecular flexibility index (Phi) is 8.12. The van der Waals surface area contributed by atoms with Gasteiger partial charge in [0.1, 0.15) is 5.82 Å². The van der Waals surface area contributed by atoms with Gasteiger partial charge in [0.05, 0.1) is 6.42 Å². The molecule has 2 aliphatic heterocycles. The number of fused-ring (bicyclic) bond motifs is 1. The number of aromatic nitrogens is 1.